The first-order chi connectivity index (χ1) is 10.7. The van der Waals surface area contributed by atoms with Gasteiger partial charge in [0.05, 0.1) is 11.4 Å². The fourth-order valence-corrected chi connectivity index (χ4v) is 2.78. The van der Waals surface area contributed by atoms with E-state index >= 15 is 0 Å². The quantitative estimate of drug-likeness (QED) is 0.350. The second-order valence-corrected chi connectivity index (χ2v) is 5.97. The molecule has 0 saturated heterocycles. The molecule has 0 aliphatic rings. The smallest absolute Gasteiger partial charge is 0.162 e. The second kappa shape index (κ2) is 11.2. The number of anilines is 2. The number of hydrogen-bond donors (Lipinski definition) is 3. The van der Waals surface area contributed by atoms with Gasteiger partial charge in [0.1, 0.15) is 0 Å². The molecule has 3 heteroatoms. The van der Waals surface area contributed by atoms with Gasteiger partial charge in [-0.15, -0.1) is 0 Å². The molecule has 1 aromatic rings. The summed E-state index contributed by atoms with van der Waals surface area (Å²) in [5, 5.41) is 16.7. The highest BCUT2D eigenvalue weighted by Crippen LogP contribution is 2.34. The average Bonchev–Trinajstić information content (AvgIpc) is 2.51. The molecule has 0 aliphatic heterocycles. The average molecular weight is 306 g/mol. The molecule has 0 atom stereocenters. The number of phenolic OH excluding ortho intramolecular Hbond substituents is 1. The Balaban J connectivity index is 2.51. The number of unbranched alkanes of at least 4 members (excludes halogenated alkanes) is 6. The summed E-state index contributed by atoms with van der Waals surface area (Å²) < 4.78 is 0. The number of nitrogens with one attached hydrogen (secondary N) is 2. The van der Waals surface area contributed by atoms with Crippen LogP contribution in [0.5, 0.6) is 5.75 Å². The van der Waals surface area contributed by atoms with Gasteiger partial charge in [-0.05, 0) is 44.4 Å². The van der Waals surface area contributed by atoms with Gasteiger partial charge in [-0.1, -0.05) is 45.4 Å². The predicted octanol–water partition coefficient (Wildman–Crippen LogP) is 5.55. The predicted molar refractivity (Wildman–Crippen MR) is 98.1 cm³/mol. The molecule has 0 aromatic heterocycles. The first kappa shape index (κ1) is 18.7. The molecule has 3 N–H and O–H groups in total. The van der Waals surface area contributed by atoms with Gasteiger partial charge in [-0.2, -0.15) is 0 Å². The number of rotatable bonds is 12. The van der Waals surface area contributed by atoms with Crippen LogP contribution in [0, 0.1) is 0 Å². The number of aryl methyl sites for hydroxylation is 1. The van der Waals surface area contributed by atoms with Crippen molar-refractivity contribution in [3.63, 3.8) is 0 Å². The van der Waals surface area contributed by atoms with Gasteiger partial charge in [0, 0.05) is 13.1 Å². The van der Waals surface area contributed by atoms with Crippen molar-refractivity contribution < 1.29 is 5.11 Å². The molecule has 0 heterocycles. The summed E-state index contributed by atoms with van der Waals surface area (Å²) in [5.41, 5.74) is 3.00. The number of phenols is 1. The van der Waals surface area contributed by atoms with Crippen molar-refractivity contribution in [2.75, 3.05) is 23.7 Å². The van der Waals surface area contributed by atoms with E-state index in [0.29, 0.717) is 5.75 Å². The maximum atomic E-state index is 10.2. The lowest BCUT2D eigenvalue weighted by Gasteiger charge is -2.14. The SMILES string of the molecule is CCCCCCCCCc1cc(NCC)c(O)c(NCC)c1. The number of benzene rings is 1. The third kappa shape index (κ3) is 6.59. The number of hydrogen-bond acceptors (Lipinski definition) is 3. The molecule has 0 saturated carbocycles. The molecule has 1 aromatic carbocycles. The van der Waals surface area contributed by atoms with E-state index in [0.717, 1.165) is 30.9 Å². The zero-order valence-corrected chi connectivity index (χ0v) is 14.7. The molecule has 126 valence electrons. The fourth-order valence-electron chi connectivity index (χ4n) is 2.78. The standard InChI is InChI=1S/C19H34N2O/c1-4-7-8-9-10-11-12-13-16-14-17(20-5-2)19(22)18(15-16)21-6-3/h14-15,20-22H,4-13H2,1-3H3. The molecule has 0 aliphatic carbocycles. The maximum Gasteiger partial charge on any atom is 0.162 e. The van der Waals surface area contributed by atoms with E-state index in [1.165, 1.54) is 50.5 Å². The topological polar surface area (TPSA) is 44.3 Å². The Morgan fingerprint density at radius 1 is 0.773 bits per heavy atom. The van der Waals surface area contributed by atoms with Gasteiger partial charge in [0.15, 0.2) is 5.75 Å². The Kier molecular flexibility index (Phi) is 9.52. The first-order valence-corrected chi connectivity index (χ1v) is 9.06. The molecule has 0 fully saturated rings. The summed E-state index contributed by atoms with van der Waals surface area (Å²) in [5.74, 6) is 0.340. The molecule has 0 radical (unpaired) electrons. The Bertz CT molecular complexity index is 391. The van der Waals surface area contributed by atoms with E-state index in [9.17, 15) is 5.11 Å². The monoisotopic (exact) mass is 306 g/mol. The van der Waals surface area contributed by atoms with Gasteiger partial charge in [0.25, 0.3) is 0 Å². The number of aromatic hydroxyl groups is 1. The van der Waals surface area contributed by atoms with Crippen molar-refractivity contribution in [1.29, 1.82) is 0 Å². The minimum absolute atomic E-state index is 0.340. The lowest BCUT2D eigenvalue weighted by molar-refractivity contribution is 0.479. The van der Waals surface area contributed by atoms with E-state index < -0.39 is 0 Å². The molecule has 0 bridgehead atoms. The Morgan fingerprint density at radius 2 is 1.27 bits per heavy atom. The van der Waals surface area contributed by atoms with Crippen LogP contribution >= 0.6 is 0 Å². The molecule has 1 rings (SSSR count). The van der Waals surface area contributed by atoms with Crippen LogP contribution in [0.2, 0.25) is 0 Å². The Hall–Kier alpha value is -1.38. The maximum absolute atomic E-state index is 10.2. The third-order valence-electron chi connectivity index (χ3n) is 3.97. The van der Waals surface area contributed by atoms with Crippen LogP contribution in [-0.4, -0.2) is 18.2 Å². The highest BCUT2D eigenvalue weighted by molar-refractivity contribution is 5.72. The minimum atomic E-state index is 0.340. The van der Waals surface area contributed by atoms with Crippen molar-refractivity contribution in [1.82, 2.24) is 0 Å². The zero-order valence-electron chi connectivity index (χ0n) is 14.7. The second-order valence-electron chi connectivity index (χ2n) is 5.97. The summed E-state index contributed by atoms with van der Waals surface area (Å²) in [6.45, 7) is 8.00. The van der Waals surface area contributed by atoms with Gasteiger partial charge in [-0.3, -0.25) is 0 Å². The lowest BCUT2D eigenvalue weighted by Crippen LogP contribution is -2.03. The zero-order chi connectivity index (χ0) is 16.2. The van der Waals surface area contributed by atoms with Crippen molar-refractivity contribution in [3.8, 4) is 5.75 Å². The first-order valence-electron chi connectivity index (χ1n) is 9.06. The van der Waals surface area contributed by atoms with Gasteiger partial charge >= 0.3 is 0 Å². The molecule has 22 heavy (non-hydrogen) atoms. The Morgan fingerprint density at radius 3 is 1.77 bits per heavy atom. The summed E-state index contributed by atoms with van der Waals surface area (Å²) in [4.78, 5) is 0. The normalized spacial score (nSPS) is 10.7. The van der Waals surface area contributed by atoms with E-state index in [-0.39, 0.29) is 0 Å². The largest absolute Gasteiger partial charge is 0.504 e. The molecule has 3 nitrogen and oxygen atoms in total. The van der Waals surface area contributed by atoms with E-state index in [1.54, 1.807) is 0 Å². The fraction of sp³-hybridized carbons (Fsp3) is 0.684. The van der Waals surface area contributed by atoms with E-state index in [2.05, 4.69) is 43.5 Å². The van der Waals surface area contributed by atoms with Crippen molar-refractivity contribution in [2.45, 2.75) is 72.1 Å². The summed E-state index contributed by atoms with van der Waals surface area (Å²) in [7, 11) is 0. The molecular weight excluding hydrogens is 272 g/mol. The highest BCUT2D eigenvalue weighted by Gasteiger charge is 2.09. The van der Waals surface area contributed by atoms with E-state index in [1.807, 2.05) is 0 Å². The van der Waals surface area contributed by atoms with Crippen LogP contribution < -0.4 is 10.6 Å². The summed E-state index contributed by atoms with van der Waals surface area (Å²) in [6, 6.07) is 4.19. The Labute approximate surface area is 136 Å². The van der Waals surface area contributed by atoms with Gasteiger partial charge < -0.3 is 15.7 Å². The minimum Gasteiger partial charge on any atom is -0.504 e. The van der Waals surface area contributed by atoms with Crippen LogP contribution in [0.3, 0.4) is 0 Å². The van der Waals surface area contributed by atoms with Crippen LogP contribution in [0.1, 0.15) is 71.3 Å². The molecular formula is C19H34N2O. The third-order valence-corrected chi connectivity index (χ3v) is 3.97. The van der Waals surface area contributed by atoms with Crippen molar-refractivity contribution in [3.05, 3.63) is 17.7 Å². The van der Waals surface area contributed by atoms with Crippen molar-refractivity contribution >= 4 is 11.4 Å². The van der Waals surface area contributed by atoms with Crippen LogP contribution in [0.15, 0.2) is 12.1 Å². The van der Waals surface area contributed by atoms with Crippen LogP contribution in [-0.2, 0) is 6.42 Å². The highest BCUT2D eigenvalue weighted by atomic mass is 16.3. The molecule has 0 spiro atoms. The van der Waals surface area contributed by atoms with Crippen LogP contribution in [0.25, 0.3) is 0 Å². The van der Waals surface area contributed by atoms with Gasteiger partial charge in [0.2, 0.25) is 0 Å². The van der Waals surface area contributed by atoms with Gasteiger partial charge in [-0.25, -0.2) is 0 Å². The van der Waals surface area contributed by atoms with Crippen molar-refractivity contribution in [2.24, 2.45) is 0 Å². The van der Waals surface area contributed by atoms with E-state index in [4.69, 9.17) is 0 Å². The summed E-state index contributed by atoms with van der Waals surface area (Å²) >= 11 is 0. The molecule has 0 unspecified atom stereocenters. The summed E-state index contributed by atoms with van der Waals surface area (Å²) in [6.07, 6.45) is 10.4. The van der Waals surface area contributed by atoms with Crippen LogP contribution in [0.4, 0.5) is 11.4 Å². The lowest BCUT2D eigenvalue weighted by atomic mass is 10.0. The molecule has 0 amide bonds.